The van der Waals surface area contributed by atoms with Crippen molar-refractivity contribution in [3.8, 4) is 11.3 Å². The van der Waals surface area contributed by atoms with Crippen LogP contribution >= 0.6 is 0 Å². The molecular weight excluding hydrogens is 269 g/mol. The van der Waals surface area contributed by atoms with Gasteiger partial charge in [0.05, 0.1) is 5.56 Å². The average molecular weight is 282 g/mol. The van der Waals surface area contributed by atoms with E-state index in [1.807, 2.05) is 0 Å². The van der Waals surface area contributed by atoms with Crippen LogP contribution in [0.5, 0.6) is 0 Å². The van der Waals surface area contributed by atoms with Gasteiger partial charge < -0.3 is 9.73 Å². The Morgan fingerprint density at radius 3 is 2.50 bits per heavy atom. The van der Waals surface area contributed by atoms with Crippen LogP contribution in [0.4, 0.5) is 13.2 Å². The molecule has 2 aromatic rings. The zero-order valence-corrected chi connectivity index (χ0v) is 10.6. The molecule has 1 fully saturated rings. The molecule has 3 rings (SSSR count). The summed E-state index contributed by atoms with van der Waals surface area (Å²) in [5.74, 6) is 0.520. The summed E-state index contributed by atoms with van der Waals surface area (Å²) in [4.78, 5) is 4.11. The van der Waals surface area contributed by atoms with Gasteiger partial charge in [0.25, 0.3) is 0 Å². The molecule has 0 amide bonds. The molecule has 1 N–H and O–H groups in total. The molecule has 1 saturated carbocycles. The fourth-order valence-electron chi connectivity index (χ4n) is 1.97. The summed E-state index contributed by atoms with van der Waals surface area (Å²) in [5, 5.41) is 3.30. The molecular formula is C14H13F3N2O. The van der Waals surface area contributed by atoms with E-state index in [0.29, 0.717) is 23.9 Å². The summed E-state index contributed by atoms with van der Waals surface area (Å²) < 4.78 is 42.8. The Labute approximate surface area is 113 Å². The summed E-state index contributed by atoms with van der Waals surface area (Å²) >= 11 is 0. The van der Waals surface area contributed by atoms with E-state index in [2.05, 4.69) is 10.3 Å². The molecule has 3 nitrogen and oxygen atoms in total. The molecule has 0 saturated heterocycles. The number of hydrogen-bond donors (Lipinski definition) is 1. The molecule has 1 aliphatic rings. The molecule has 0 unspecified atom stereocenters. The van der Waals surface area contributed by atoms with E-state index in [4.69, 9.17) is 4.42 Å². The lowest BCUT2D eigenvalue weighted by molar-refractivity contribution is -0.137. The summed E-state index contributed by atoms with van der Waals surface area (Å²) in [7, 11) is 0. The van der Waals surface area contributed by atoms with Gasteiger partial charge >= 0.3 is 6.18 Å². The molecule has 0 radical (unpaired) electrons. The van der Waals surface area contributed by atoms with Gasteiger partial charge in [0.15, 0.2) is 12.2 Å². The molecule has 1 aliphatic carbocycles. The number of nitrogens with zero attached hydrogens (tertiary/aromatic N) is 1. The van der Waals surface area contributed by atoms with Crippen molar-refractivity contribution in [1.82, 2.24) is 10.3 Å². The monoisotopic (exact) mass is 282 g/mol. The second kappa shape index (κ2) is 4.94. The van der Waals surface area contributed by atoms with Gasteiger partial charge in [-0.1, -0.05) is 12.1 Å². The van der Waals surface area contributed by atoms with E-state index in [-0.39, 0.29) is 0 Å². The van der Waals surface area contributed by atoms with Crippen molar-refractivity contribution in [3.63, 3.8) is 0 Å². The van der Waals surface area contributed by atoms with Gasteiger partial charge in [0.1, 0.15) is 5.69 Å². The number of alkyl halides is 3. The van der Waals surface area contributed by atoms with Gasteiger partial charge in [-0.15, -0.1) is 0 Å². The van der Waals surface area contributed by atoms with Gasteiger partial charge in [-0.2, -0.15) is 13.2 Å². The third-order valence-corrected chi connectivity index (χ3v) is 3.25. The van der Waals surface area contributed by atoms with Crippen LogP contribution in [0.3, 0.4) is 0 Å². The van der Waals surface area contributed by atoms with E-state index >= 15 is 0 Å². The first-order chi connectivity index (χ1) is 9.54. The van der Waals surface area contributed by atoms with Gasteiger partial charge in [-0.25, -0.2) is 4.98 Å². The Hall–Kier alpha value is -1.82. The van der Waals surface area contributed by atoms with Crippen molar-refractivity contribution in [2.24, 2.45) is 0 Å². The molecule has 0 atom stereocenters. The van der Waals surface area contributed by atoms with E-state index in [0.717, 1.165) is 30.7 Å². The lowest BCUT2D eigenvalue weighted by atomic mass is 10.1. The topological polar surface area (TPSA) is 38.1 Å². The van der Waals surface area contributed by atoms with Crippen LogP contribution in [0.15, 0.2) is 35.1 Å². The first kappa shape index (κ1) is 13.2. The number of hydrogen-bond acceptors (Lipinski definition) is 3. The molecule has 6 heteroatoms. The van der Waals surface area contributed by atoms with Crippen LogP contribution in [0.25, 0.3) is 11.3 Å². The zero-order valence-electron chi connectivity index (χ0n) is 10.6. The number of nitrogens with one attached hydrogen (secondary N) is 1. The standard InChI is InChI=1S/C14H13F3N2O/c15-14(16,17)10-3-1-9(2-4-10)13-12(19-8-20-13)7-18-11-5-6-11/h1-4,8,11,18H,5-7H2. The van der Waals surface area contributed by atoms with Gasteiger partial charge in [0.2, 0.25) is 0 Å². The Kier molecular flexibility index (Phi) is 3.25. The second-order valence-electron chi connectivity index (χ2n) is 4.86. The van der Waals surface area contributed by atoms with E-state index in [1.54, 1.807) is 0 Å². The molecule has 0 aliphatic heterocycles. The highest BCUT2D eigenvalue weighted by Crippen LogP contribution is 2.31. The lowest BCUT2D eigenvalue weighted by Crippen LogP contribution is -2.16. The minimum atomic E-state index is -4.32. The maximum atomic E-state index is 12.5. The largest absolute Gasteiger partial charge is 0.443 e. The van der Waals surface area contributed by atoms with Gasteiger partial charge in [-0.3, -0.25) is 0 Å². The quantitative estimate of drug-likeness (QED) is 0.931. The van der Waals surface area contributed by atoms with Crippen molar-refractivity contribution in [2.75, 3.05) is 0 Å². The Balaban J connectivity index is 1.79. The van der Waals surface area contributed by atoms with Crippen molar-refractivity contribution in [3.05, 3.63) is 41.9 Å². The van der Waals surface area contributed by atoms with Crippen molar-refractivity contribution in [1.29, 1.82) is 0 Å². The maximum Gasteiger partial charge on any atom is 0.416 e. The van der Waals surface area contributed by atoms with Crippen molar-refractivity contribution < 1.29 is 17.6 Å². The normalized spacial score (nSPS) is 15.6. The summed E-state index contributed by atoms with van der Waals surface area (Å²) in [5.41, 5.74) is 0.651. The van der Waals surface area contributed by atoms with Crippen molar-refractivity contribution in [2.45, 2.75) is 31.6 Å². The molecule has 0 bridgehead atoms. The molecule has 0 spiro atoms. The number of benzene rings is 1. The van der Waals surface area contributed by atoms with E-state index in [9.17, 15) is 13.2 Å². The number of oxazole rings is 1. The molecule has 1 aromatic carbocycles. The minimum Gasteiger partial charge on any atom is -0.443 e. The first-order valence-corrected chi connectivity index (χ1v) is 6.37. The molecule has 106 valence electrons. The van der Waals surface area contributed by atoms with E-state index < -0.39 is 11.7 Å². The van der Waals surface area contributed by atoms with Crippen LogP contribution in [0.2, 0.25) is 0 Å². The number of aromatic nitrogens is 1. The predicted octanol–water partition coefficient (Wildman–Crippen LogP) is 3.61. The minimum absolute atomic E-state index is 0.520. The Morgan fingerprint density at radius 2 is 1.90 bits per heavy atom. The molecule has 20 heavy (non-hydrogen) atoms. The highest BCUT2D eigenvalue weighted by molar-refractivity contribution is 5.60. The van der Waals surface area contributed by atoms with Crippen LogP contribution in [-0.2, 0) is 12.7 Å². The smallest absolute Gasteiger partial charge is 0.416 e. The number of rotatable bonds is 4. The maximum absolute atomic E-state index is 12.5. The van der Waals surface area contributed by atoms with Gasteiger partial charge in [-0.05, 0) is 25.0 Å². The highest BCUT2D eigenvalue weighted by atomic mass is 19.4. The van der Waals surface area contributed by atoms with Crippen LogP contribution in [0, 0.1) is 0 Å². The lowest BCUT2D eigenvalue weighted by Gasteiger charge is -2.07. The van der Waals surface area contributed by atoms with Gasteiger partial charge in [0, 0.05) is 18.2 Å². The molecule has 1 heterocycles. The summed E-state index contributed by atoms with van der Waals surface area (Å²) in [6.07, 6.45) is -0.686. The Bertz CT molecular complexity index is 585. The zero-order chi connectivity index (χ0) is 14.2. The van der Waals surface area contributed by atoms with E-state index in [1.165, 1.54) is 18.5 Å². The second-order valence-corrected chi connectivity index (χ2v) is 4.86. The van der Waals surface area contributed by atoms with Crippen molar-refractivity contribution >= 4 is 0 Å². The fraction of sp³-hybridized carbons (Fsp3) is 0.357. The predicted molar refractivity (Wildman–Crippen MR) is 66.8 cm³/mol. The van der Waals surface area contributed by atoms with Crippen LogP contribution < -0.4 is 5.32 Å². The third kappa shape index (κ3) is 2.85. The Morgan fingerprint density at radius 1 is 1.20 bits per heavy atom. The van der Waals surface area contributed by atoms with Crippen LogP contribution in [-0.4, -0.2) is 11.0 Å². The third-order valence-electron chi connectivity index (χ3n) is 3.25. The SMILES string of the molecule is FC(F)(F)c1ccc(-c2ocnc2CNC2CC2)cc1. The summed E-state index contributed by atoms with van der Waals surface area (Å²) in [6.45, 7) is 0.567. The first-order valence-electron chi connectivity index (χ1n) is 6.37. The highest BCUT2D eigenvalue weighted by Gasteiger charge is 2.30. The number of halogens is 3. The molecule has 1 aromatic heterocycles. The van der Waals surface area contributed by atoms with Crippen LogP contribution in [0.1, 0.15) is 24.1 Å². The summed E-state index contributed by atoms with van der Waals surface area (Å²) in [6, 6.07) is 5.45. The fourth-order valence-corrected chi connectivity index (χ4v) is 1.97. The average Bonchev–Trinajstić information content (AvgIpc) is 3.12.